The normalized spacial score (nSPS) is 20.1. The second-order valence-corrected chi connectivity index (χ2v) is 7.86. The second kappa shape index (κ2) is 9.65. The van der Waals surface area contributed by atoms with E-state index in [2.05, 4.69) is 5.16 Å². The molecule has 2 atom stereocenters. The second-order valence-electron chi connectivity index (χ2n) is 7.45. The van der Waals surface area contributed by atoms with E-state index in [1.165, 1.54) is 6.08 Å². The summed E-state index contributed by atoms with van der Waals surface area (Å²) in [5, 5.41) is 12.7. The number of fused-ring (bicyclic) bond motifs is 1. The molecule has 1 heterocycles. The highest BCUT2D eigenvalue weighted by molar-refractivity contribution is 6.33. The number of halogens is 4. The predicted molar refractivity (Wildman–Crippen MR) is 113 cm³/mol. The van der Waals surface area contributed by atoms with Crippen molar-refractivity contribution in [2.75, 3.05) is 25.1 Å². The molecule has 0 saturated heterocycles. The van der Waals surface area contributed by atoms with Crippen molar-refractivity contribution in [3.8, 4) is 6.07 Å². The van der Waals surface area contributed by atoms with Gasteiger partial charge in [0.2, 0.25) is 0 Å². The summed E-state index contributed by atoms with van der Waals surface area (Å²) in [4.78, 5) is 7.12. The van der Waals surface area contributed by atoms with Crippen LogP contribution in [0, 0.1) is 17.2 Å². The van der Waals surface area contributed by atoms with Gasteiger partial charge in [-0.05, 0) is 43.2 Å². The molecule has 31 heavy (non-hydrogen) atoms. The molecule has 0 bridgehead atoms. The standard InChI is InChI=1S/C22H23ClF3N3O2/c1-3-5-15-19(9-7-16-20(15)31-28-21(16)22(24,25)26)30-11-4-10-29(2)18-8-6-14(13-27)12-17(18)23/h6-9,12,15,20H,3-5,10-11H2,1-2H3. The van der Waals surface area contributed by atoms with Gasteiger partial charge in [-0.25, -0.2) is 0 Å². The van der Waals surface area contributed by atoms with E-state index >= 15 is 0 Å². The Morgan fingerprint density at radius 3 is 2.74 bits per heavy atom. The van der Waals surface area contributed by atoms with Crippen LogP contribution in [0.1, 0.15) is 31.7 Å². The Kier molecular flexibility index (Phi) is 7.16. The fraction of sp³-hybridized carbons (Fsp3) is 0.455. The molecule has 1 aromatic rings. The van der Waals surface area contributed by atoms with Crippen LogP contribution >= 0.6 is 11.6 Å². The van der Waals surface area contributed by atoms with Crippen molar-refractivity contribution in [1.82, 2.24) is 0 Å². The fourth-order valence-electron chi connectivity index (χ4n) is 3.74. The molecule has 9 heteroatoms. The van der Waals surface area contributed by atoms with E-state index in [0.29, 0.717) is 42.3 Å². The highest BCUT2D eigenvalue weighted by Gasteiger charge is 2.49. The molecule has 1 aromatic carbocycles. The Hall–Kier alpha value is -2.66. The largest absolute Gasteiger partial charge is 0.497 e. The third kappa shape index (κ3) is 5.16. The molecule has 0 saturated carbocycles. The molecular weight excluding hydrogens is 431 g/mol. The van der Waals surface area contributed by atoms with Crippen LogP contribution in [0.4, 0.5) is 18.9 Å². The van der Waals surface area contributed by atoms with Crippen LogP contribution in [0.3, 0.4) is 0 Å². The van der Waals surface area contributed by atoms with E-state index in [1.54, 1.807) is 24.3 Å². The molecule has 0 fully saturated rings. The van der Waals surface area contributed by atoms with E-state index in [1.807, 2.05) is 24.9 Å². The first-order valence-electron chi connectivity index (χ1n) is 10.0. The minimum atomic E-state index is -4.54. The zero-order chi connectivity index (χ0) is 22.6. The van der Waals surface area contributed by atoms with Crippen molar-refractivity contribution < 1.29 is 22.7 Å². The van der Waals surface area contributed by atoms with E-state index in [0.717, 1.165) is 12.1 Å². The fourth-order valence-corrected chi connectivity index (χ4v) is 4.06. The summed E-state index contributed by atoms with van der Waals surface area (Å²) in [5.41, 5.74) is 0.407. The Morgan fingerprint density at radius 2 is 2.10 bits per heavy atom. The van der Waals surface area contributed by atoms with Gasteiger partial charge in [0, 0.05) is 19.2 Å². The number of hydrogen-bond donors (Lipinski definition) is 0. The van der Waals surface area contributed by atoms with Gasteiger partial charge in [0.15, 0.2) is 11.8 Å². The number of rotatable bonds is 8. The zero-order valence-corrected chi connectivity index (χ0v) is 18.0. The van der Waals surface area contributed by atoms with Gasteiger partial charge in [-0.1, -0.05) is 30.1 Å². The summed E-state index contributed by atoms with van der Waals surface area (Å²) in [6, 6.07) is 7.17. The lowest BCUT2D eigenvalue weighted by Gasteiger charge is -2.28. The van der Waals surface area contributed by atoms with E-state index in [4.69, 9.17) is 26.4 Å². The van der Waals surface area contributed by atoms with Gasteiger partial charge in [-0.2, -0.15) is 18.4 Å². The Bertz CT molecular complexity index is 950. The van der Waals surface area contributed by atoms with Crippen LogP contribution in [0.2, 0.25) is 5.02 Å². The topological polar surface area (TPSA) is 57.8 Å². The molecule has 0 N–H and O–H groups in total. The third-order valence-electron chi connectivity index (χ3n) is 5.26. The molecule has 0 spiro atoms. The maximum Gasteiger partial charge on any atom is 0.437 e. The van der Waals surface area contributed by atoms with Crippen LogP contribution in [0.15, 0.2) is 46.8 Å². The zero-order valence-electron chi connectivity index (χ0n) is 17.2. The molecule has 1 aliphatic carbocycles. The van der Waals surface area contributed by atoms with Crippen LogP contribution in [0.25, 0.3) is 0 Å². The van der Waals surface area contributed by atoms with Crippen molar-refractivity contribution >= 4 is 23.0 Å². The Labute approximate surface area is 184 Å². The van der Waals surface area contributed by atoms with Crippen LogP contribution < -0.4 is 4.90 Å². The highest BCUT2D eigenvalue weighted by atomic mass is 35.5. The summed E-state index contributed by atoms with van der Waals surface area (Å²) < 4.78 is 45.4. The Balaban J connectivity index is 1.59. The first kappa shape index (κ1) is 23.0. The van der Waals surface area contributed by atoms with Crippen LogP contribution in [-0.4, -0.2) is 38.2 Å². The van der Waals surface area contributed by atoms with Crippen molar-refractivity contribution in [1.29, 1.82) is 5.26 Å². The van der Waals surface area contributed by atoms with Crippen molar-refractivity contribution in [2.45, 2.75) is 38.5 Å². The van der Waals surface area contributed by atoms with Crippen LogP contribution in [0.5, 0.6) is 0 Å². The summed E-state index contributed by atoms with van der Waals surface area (Å²) in [6.07, 6.45) is -0.223. The monoisotopic (exact) mass is 453 g/mol. The van der Waals surface area contributed by atoms with Gasteiger partial charge < -0.3 is 14.5 Å². The molecule has 1 aliphatic heterocycles. The maximum atomic E-state index is 13.1. The molecule has 3 rings (SSSR count). The maximum absolute atomic E-state index is 13.1. The predicted octanol–water partition coefficient (Wildman–Crippen LogP) is 5.61. The van der Waals surface area contributed by atoms with Crippen molar-refractivity contribution in [3.63, 3.8) is 0 Å². The average Bonchev–Trinajstić information content (AvgIpc) is 3.17. The summed E-state index contributed by atoms with van der Waals surface area (Å²) >= 11 is 6.24. The van der Waals surface area contributed by atoms with Gasteiger partial charge in [-0.15, -0.1) is 0 Å². The first-order chi connectivity index (χ1) is 14.8. The molecule has 5 nitrogen and oxygen atoms in total. The van der Waals surface area contributed by atoms with Gasteiger partial charge in [0.25, 0.3) is 0 Å². The highest BCUT2D eigenvalue weighted by Crippen LogP contribution is 2.40. The summed E-state index contributed by atoms with van der Waals surface area (Å²) in [6.45, 7) is 3.01. The third-order valence-corrected chi connectivity index (χ3v) is 5.56. The van der Waals surface area contributed by atoms with Crippen LogP contribution in [-0.2, 0) is 9.57 Å². The molecular formula is C22H23ClF3N3O2. The lowest BCUT2D eigenvalue weighted by Crippen LogP contribution is -2.33. The number of allylic oxidation sites excluding steroid dienone is 2. The minimum Gasteiger partial charge on any atom is -0.497 e. The quantitative estimate of drug-likeness (QED) is 0.480. The number of nitriles is 1. The van der Waals surface area contributed by atoms with E-state index in [9.17, 15) is 13.2 Å². The van der Waals surface area contributed by atoms with E-state index in [-0.39, 0.29) is 11.5 Å². The van der Waals surface area contributed by atoms with Gasteiger partial charge >= 0.3 is 6.18 Å². The van der Waals surface area contributed by atoms with Crippen molar-refractivity contribution in [3.05, 3.63) is 52.3 Å². The van der Waals surface area contributed by atoms with Gasteiger partial charge in [-0.3, -0.25) is 0 Å². The molecule has 2 unspecified atom stereocenters. The molecule has 166 valence electrons. The average molecular weight is 454 g/mol. The summed E-state index contributed by atoms with van der Waals surface area (Å²) in [7, 11) is 1.89. The number of hydrogen-bond acceptors (Lipinski definition) is 5. The smallest absolute Gasteiger partial charge is 0.437 e. The number of alkyl halides is 3. The lowest BCUT2D eigenvalue weighted by atomic mass is 9.84. The van der Waals surface area contributed by atoms with E-state index < -0.39 is 18.0 Å². The molecule has 0 radical (unpaired) electrons. The number of nitrogens with zero attached hydrogens (tertiary/aromatic N) is 3. The summed E-state index contributed by atoms with van der Waals surface area (Å²) in [5.74, 6) is 0.313. The number of oxime groups is 1. The SMILES string of the molecule is CCCC1C(OCCCN(C)c2ccc(C#N)cc2Cl)=CC=C2C(C(F)(F)F)=NOC21. The number of ether oxygens (including phenoxy) is 1. The number of anilines is 1. The first-order valence-corrected chi connectivity index (χ1v) is 10.4. The molecule has 0 aromatic heterocycles. The lowest BCUT2D eigenvalue weighted by molar-refractivity contribution is -0.0590. The van der Waals surface area contributed by atoms with Crippen molar-refractivity contribution in [2.24, 2.45) is 11.1 Å². The molecule has 2 aliphatic rings. The van der Waals surface area contributed by atoms with Gasteiger partial charge in [0.05, 0.1) is 34.9 Å². The number of benzene rings is 1. The minimum absolute atomic E-state index is 0.0634. The van der Waals surface area contributed by atoms with Gasteiger partial charge in [0.1, 0.15) is 5.76 Å². The Morgan fingerprint density at radius 1 is 1.32 bits per heavy atom. The molecule has 0 amide bonds.